The van der Waals surface area contributed by atoms with Crippen LogP contribution in [0.4, 0.5) is 11.4 Å². The lowest BCUT2D eigenvalue weighted by molar-refractivity contribution is -0.195. The Labute approximate surface area is 148 Å². The molecule has 0 aromatic heterocycles. The maximum Gasteiger partial charge on any atom is 0.171 e. The average Bonchev–Trinajstić information content (AvgIpc) is 2.61. The summed E-state index contributed by atoms with van der Waals surface area (Å²) < 4.78 is 4.57. The first-order valence-electron chi connectivity index (χ1n) is 6.70. The van der Waals surface area contributed by atoms with Crippen LogP contribution in [0, 0.1) is 0 Å². The number of nitrogens with two attached hydrogens (primary N) is 1. The molecule has 0 aliphatic rings. The van der Waals surface area contributed by atoms with Crippen LogP contribution in [-0.2, 0) is 15.9 Å². The van der Waals surface area contributed by atoms with Crippen molar-refractivity contribution in [2.75, 3.05) is 5.32 Å². The molecule has 0 fully saturated rings. The van der Waals surface area contributed by atoms with Crippen molar-refractivity contribution in [3.8, 4) is 0 Å². The quantitative estimate of drug-likeness (QED) is 0.130. The SMILES string of the molecule is [N-]=[N+]=Nc1ccc(NC(=S)NCc2ccc(SOON)cc2)cc1. The summed E-state index contributed by atoms with van der Waals surface area (Å²) in [6, 6.07) is 14.6. The van der Waals surface area contributed by atoms with Gasteiger partial charge in [0.15, 0.2) is 5.11 Å². The second-order valence-electron chi connectivity index (χ2n) is 4.44. The first-order chi connectivity index (χ1) is 11.7. The van der Waals surface area contributed by atoms with Crippen LogP contribution in [0.2, 0.25) is 0 Å². The molecule has 24 heavy (non-hydrogen) atoms. The highest BCUT2D eigenvalue weighted by Gasteiger charge is 2.00. The van der Waals surface area contributed by atoms with Gasteiger partial charge in [-0.05, 0) is 47.6 Å². The summed E-state index contributed by atoms with van der Waals surface area (Å²) in [7, 11) is 0. The van der Waals surface area contributed by atoms with Crippen LogP contribution in [0.5, 0.6) is 0 Å². The fourth-order valence-electron chi connectivity index (χ4n) is 1.74. The normalized spacial score (nSPS) is 9.88. The molecule has 0 spiro atoms. The van der Waals surface area contributed by atoms with E-state index in [0.717, 1.165) is 28.2 Å². The molecule has 0 atom stereocenters. The minimum atomic E-state index is 0.491. The third kappa shape index (κ3) is 6.05. The zero-order chi connectivity index (χ0) is 17.2. The maximum absolute atomic E-state index is 8.36. The van der Waals surface area contributed by atoms with Gasteiger partial charge in [0.05, 0.1) is 12.0 Å². The molecule has 124 valence electrons. The minimum Gasteiger partial charge on any atom is -0.358 e. The molecule has 0 saturated carbocycles. The van der Waals surface area contributed by atoms with Crippen LogP contribution in [-0.4, -0.2) is 5.11 Å². The predicted octanol–water partition coefficient (Wildman–Crippen LogP) is 3.94. The number of azide groups is 1. The smallest absolute Gasteiger partial charge is 0.171 e. The van der Waals surface area contributed by atoms with Gasteiger partial charge in [0.2, 0.25) is 0 Å². The van der Waals surface area contributed by atoms with Crippen LogP contribution in [0.3, 0.4) is 0 Å². The number of thiocarbonyl (C=S) groups is 1. The molecule has 2 aromatic carbocycles. The first-order valence-corrected chi connectivity index (χ1v) is 7.85. The Morgan fingerprint density at radius 3 is 2.54 bits per heavy atom. The van der Waals surface area contributed by atoms with E-state index in [2.05, 4.69) is 30.0 Å². The lowest BCUT2D eigenvalue weighted by atomic mass is 10.2. The number of anilines is 1. The van der Waals surface area contributed by atoms with E-state index in [0.29, 0.717) is 17.3 Å². The van der Waals surface area contributed by atoms with Crippen molar-refractivity contribution >= 4 is 40.7 Å². The molecular weight excluding hydrogens is 348 g/mol. The molecule has 2 rings (SSSR count). The van der Waals surface area contributed by atoms with E-state index >= 15 is 0 Å². The number of hydrogen-bond acceptors (Lipinski definition) is 6. The Balaban J connectivity index is 1.81. The molecule has 4 N–H and O–H groups in total. The highest BCUT2D eigenvalue weighted by molar-refractivity contribution is 7.94. The number of nitrogens with zero attached hydrogens (tertiary/aromatic N) is 3. The Morgan fingerprint density at radius 1 is 1.21 bits per heavy atom. The van der Waals surface area contributed by atoms with Gasteiger partial charge in [-0.3, -0.25) is 0 Å². The standard InChI is InChI=1S/C14H14N6O2S2/c15-20-19-12-5-3-11(4-6-12)18-14(23)17-9-10-1-7-13(8-2-10)24-22-21-16/h1-8H,9,16H2,(H2,17,18,23). The Kier molecular flexibility index (Phi) is 7.30. The van der Waals surface area contributed by atoms with Gasteiger partial charge in [0.25, 0.3) is 0 Å². The summed E-state index contributed by atoms with van der Waals surface area (Å²) in [6.45, 7) is 0.571. The van der Waals surface area contributed by atoms with Crippen LogP contribution in [0.1, 0.15) is 5.56 Å². The number of nitrogens with one attached hydrogen (secondary N) is 2. The molecule has 0 saturated heterocycles. The highest BCUT2D eigenvalue weighted by atomic mass is 32.2. The van der Waals surface area contributed by atoms with Gasteiger partial charge >= 0.3 is 0 Å². The van der Waals surface area contributed by atoms with Gasteiger partial charge in [-0.1, -0.05) is 29.4 Å². The van der Waals surface area contributed by atoms with Gasteiger partial charge in [-0.15, -0.1) is 9.32 Å². The summed E-state index contributed by atoms with van der Waals surface area (Å²) in [5.41, 5.74) is 10.8. The minimum absolute atomic E-state index is 0.491. The summed E-state index contributed by atoms with van der Waals surface area (Å²) in [6.07, 6.45) is 0. The third-order valence-corrected chi connectivity index (χ3v) is 3.69. The third-order valence-electron chi connectivity index (χ3n) is 2.83. The van der Waals surface area contributed by atoms with E-state index < -0.39 is 0 Å². The van der Waals surface area contributed by atoms with E-state index in [-0.39, 0.29) is 0 Å². The molecule has 0 heterocycles. The molecule has 8 nitrogen and oxygen atoms in total. The highest BCUT2D eigenvalue weighted by Crippen LogP contribution is 2.19. The largest absolute Gasteiger partial charge is 0.358 e. The second kappa shape index (κ2) is 9.73. The van der Waals surface area contributed by atoms with Crippen LogP contribution in [0.25, 0.3) is 10.4 Å². The molecule has 10 heteroatoms. The molecule has 0 unspecified atom stereocenters. The van der Waals surface area contributed by atoms with E-state index in [1.54, 1.807) is 24.3 Å². The van der Waals surface area contributed by atoms with Crippen LogP contribution >= 0.6 is 24.3 Å². The average molecular weight is 362 g/mol. The zero-order valence-corrected chi connectivity index (χ0v) is 14.0. The van der Waals surface area contributed by atoms with Gasteiger partial charge in [0.1, 0.15) is 0 Å². The Morgan fingerprint density at radius 2 is 1.92 bits per heavy atom. The number of benzene rings is 2. The van der Waals surface area contributed by atoms with E-state index in [4.69, 9.17) is 23.6 Å². The Bertz CT molecular complexity index is 717. The van der Waals surface area contributed by atoms with E-state index in [1.165, 1.54) is 0 Å². The summed E-state index contributed by atoms with van der Waals surface area (Å²) in [4.78, 5) is 7.63. The molecule has 0 amide bonds. The van der Waals surface area contributed by atoms with Gasteiger partial charge in [-0.2, -0.15) is 5.90 Å². The number of rotatable bonds is 7. The van der Waals surface area contributed by atoms with Crippen LogP contribution < -0.4 is 16.5 Å². The molecule has 0 bridgehead atoms. The van der Waals surface area contributed by atoms with Crippen molar-refractivity contribution in [2.45, 2.75) is 11.4 Å². The van der Waals surface area contributed by atoms with Crippen molar-refractivity contribution in [3.63, 3.8) is 0 Å². The summed E-state index contributed by atoms with van der Waals surface area (Å²) >= 11 is 6.27. The lowest BCUT2D eigenvalue weighted by Crippen LogP contribution is -2.27. The van der Waals surface area contributed by atoms with Crippen molar-refractivity contribution in [2.24, 2.45) is 11.0 Å². The molecule has 0 aliphatic carbocycles. The monoisotopic (exact) mass is 362 g/mol. The fourth-order valence-corrected chi connectivity index (χ4v) is 2.30. The molecule has 0 aliphatic heterocycles. The fraction of sp³-hybridized carbons (Fsp3) is 0.0714. The van der Waals surface area contributed by atoms with E-state index in [9.17, 15) is 0 Å². The lowest BCUT2D eigenvalue weighted by Gasteiger charge is -2.11. The predicted molar refractivity (Wildman–Crippen MR) is 97.0 cm³/mol. The van der Waals surface area contributed by atoms with Crippen molar-refractivity contribution in [1.82, 2.24) is 5.32 Å². The summed E-state index contributed by atoms with van der Waals surface area (Å²) in [5.74, 6) is 4.78. The number of hydrogen-bond donors (Lipinski definition) is 3. The second-order valence-corrected chi connectivity index (χ2v) is 5.62. The van der Waals surface area contributed by atoms with Crippen molar-refractivity contribution < 1.29 is 9.32 Å². The maximum atomic E-state index is 8.36. The van der Waals surface area contributed by atoms with E-state index in [1.807, 2.05) is 24.3 Å². The topological polar surface area (TPSA) is 117 Å². The van der Waals surface area contributed by atoms with Crippen molar-refractivity contribution in [3.05, 3.63) is 64.5 Å². The van der Waals surface area contributed by atoms with Gasteiger partial charge < -0.3 is 10.6 Å². The molecule has 0 radical (unpaired) electrons. The first kappa shape index (κ1) is 18.0. The van der Waals surface area contributed by atoms with Gasteiger partial charge in [0, 0.05) is 27.7 Å². The van der Waals surface area contributed by atoms with Crippen molar-refractivity contribution in [1.29, 1.82) is 0 Å². The zero-order valence-electron chi connectivity index (χ0n) is 12.4. The molecular formula is C14H14N6O2S2. The van der Waals surface area contributed by atoms with Gasteiger partial charge in [-0.25, -0.2) is 0 Å². The summed E-state index contributed by atoms with van der Waals surface area (Å²) in [5, 5.41) is 10.2. The molecule has 2 aromatic rings. The Hall–Kier alpha value is -2.33. The van der Waals surface area contributed by atoms with Crippen LogP contribution in [0.15, 0.2) is 58.5 Å².